The Hall–Kier alpha value is -1.74. The van der Waals surface area contributed by atoms with Gasteiger partial charge in [0.05, 0.1) is 10.3 Å². The third-order valence-corrected chi connectivity index (χ3v) is 4.58. The summed E-state index contributed by atoms with van der Waals surface area (Å²) in [5.74, 6) is 1.33. The summed E-state index contributed by atoms with van der Waals surface area (Å²) in [4.78, 5) is 4.43. The number of hydrogen-bond donors (Lipinski definition) is 0. The molecule has 3 aromatic heterocycles. The Morgan fingerprint density at radius 3 is 2.85 bits per heavy atom. The molecule has 3 aromatic rings. The van der Waals surface area contributed by atoms with Crippen molar-refractivity contribution < 1.29 is 4.42 Å². The van der Waals surface area contributed by atoms with Crippen LogP contribution < -0.4 is 0 Å². The molecule has 20 heavy (non-hydrogen) atoms. The van der Waals surface area contributed by atoms with Crippen molar-refractivity contribution in [3.63, 3.8) is 0 Å². The number of thiazole rings is 1. The van der Waals surface area contributed by atoms with E-state index in [0.29, 0.717) is 5.89 Å². The third-order valence-electron chi connectivity index (χ3n) is 2.69. The molecule has 0 amide bonds. The summed E-state index contributed by atoms with van der Waals surface area (Å²) >= 11 is 3.12. The van der Waals surface area contributed by atoms with Crippen molar-refractivity contribution in [1.29, 1.82) is 0 Å². The first kappa shape index (κ1) is 13.3. The van der Waals surface area contributed by atoms with E-state index >= 15 is 0 Å². The van der Waals surface area contributed by atoms with Gasteiger partial charge in [0.15, 0.2) is 11.0 Å². The molecule has 0 fully saturated rings. The molecule has 9 heteroatoms. The molecule has 3 heterocycles. The maximum Gasteiger partial charge on any atom is 0.229 e. The molecular formula is C11H12N6OS2. The van der Waals surface area contributed by atoms with Crippen LogP contribution in [0, 0.1) is 6.92 Å². The van der Waals surface area contributed by atoms with Gasteiger partial charge in [-0.25, -0.2) is 4.98 Å². The molecule has 0 bridgehead atoms. The predicted octanol–water partition coefficient (Wildman–Crippen LogP) is 2.48. The highest BCUT2D eigenvalue weighted by Gasteiger charge is 2.19. The van der Waals surface area contributed by atoms with Crippen LogP contribution >= 0.6 is 23.1 Å². The van der Waals surface area contributed by atoms with Crippen LogP contribution in [0.3, 0.4) is 0 Å². The van der Waals surface area contributed by atoms with E-state index in [0.717, 1.165) is 21.7 Å². The topological polar surface area (TPSA) is 82.5 Å². The number of thioether (sulfide) groups is 1. The van der Waals surface area contributed by atoms with Crippen molar-refractivity contribution in [2.45, 2.75) is 24.3 Å². The highest BCUT2D eigenvalue weighted by Crippen LogP contribution is 2.33. The number of nitrogens with zero attached hydrogens (tertiary/aromatic N) is 6. The Kier molecular flexibility index (Phi) is 3.53. The van der Waals surface area contributed by atoms with E-state index in [9.17, 15) is 0 Å². The van der Waals surface area contributed by atoms with Crippen molar-refractivity contribution in [1.82, 2.24) is 29.9 Å². The minimum absolute atomic E-state index is 0.0189. The van der Waals surface area contributed by atoms with Gasteiger partial charge in [-0.3, -0.25) is 0 Å². The van der Waals surface area contributed by atoms with Crippen LogP contribution in [0.4, 0.5) is 0 Å². The summed E-state index contributed by atoms with van der Waals surface area (Å²) < 4.78 is 7.11. The van der Waals surface area contributed by atoms with Crippen molar-refractivity contribution in [3.05, 3.63) is 22.7 Å². The molecule has 0 aliphatic heterocycles. The van der Waals surface area contributed by atoms with Gasteiger partial charge in [0.25, 0.3) is 0 Å². The van der Waals surface area contributed by atoms with Crippen LogP contribution in [-0.2, 0) is 7.05 Å². The van der Waals surface area contributed by atoms with Gasteiger partial charge >= 0.3 is 0 Å². The van der Waals surface area contributed by atoms with Crippen molar-refractivity contribution in [2.75, 3.05) is 0 Å². The Morgan fingerprint density at radius 1 is 1.35 bits per heavy atom. The van der Waals surface area contributed by atoms with Gasteiger partial charge in [0.1, 0.15) is 5.69 Å². The van der Waals surface area contributed by atoms with E-state index in [-0.39, 0.29) is 5.25 Å². The maximum absolute atomic E-state index is 5.19. The van der Waals surface area contributed by atoms with Crippen molar-refractivity contribution in [3.8, 4) is 11.5 Å². The lowest BCUT2D eigenvalue weighted by molar-refractivity contribution is 0.496. The molecule has 0 spiro atoms. The summed E-state index contributed by atoms with van der Waals surface area (Å²) in [7, 11) is 1.92. The standard InChI is InChI=1S/C11H12N6OS2/c1-6(10-15-12-5-18-10)20-11-16-14-9(17(11)3)8-4-19-7(2)13-8/h4-6H,1-3H3. The second kappa shape index (κ2) is 5.33. The van der Waals surface area contributed by atoms with Gasteiger partial charge in [0, 0.05) is 12.4 Å². The summed E-state index contributed by atoms with van der Waals surface area (Å²) in [6.07, 6.45) is 1.33. The predicted molar refractivity (Wildman–Crippen MR) is 75.4 cm³/mol. The fourth-order valence-electron chi connectivity index (χ4n) is 1.67. The summed E-state index contributed by atoms with van der Waals surface area (Å²) in [6, 6.07) is 0. The van der Waals surface area contributed by atoms with Gasteiger partial charge < -0.3 is 8.98 Å². The first-order valence-electron chi connectivity index (χ1n) is 5.89. The van der Waals surface area contributed by atoms with Crippen LogP contribution in [0.15, 0.2) is 21.3 Å². The smallest absolute Gasteiger partial charge is 0.229 e. The minimum atomic E-state index is 0.0189. The zero-order valence-corrected chi connectivity index (χ0v) is 12.8. The normalized spacial score (nSPS) is 12.8. The first-order valence-corrected chi connectivity index (χ1v) is 7.65. The molecule has 104 valence electrons. The Bertz CT molecular complexity index is 704. The number of hydrogen-bond acceptors (Lipinski definition) is 8. The first-order chi connectivity index (χ1) is 9.65. The van der Waals surface area contributed by atoms with Gasteiger partial charge in [-0.2, -0.15) is 0 Å². The lowest BCUT2D eigenvalue weighted by atomic mass is 10.4. The van der Waals surface area contributed by atoms with E-state index in [1.54, 1.807) is 11.3 Å². The third kappa shape index (κ3) is 2.46. The highest BCUT2D eigenvalue weighted by atomic mass is 32.2. The molecule has 0 radical (unpaired) electrons. The molecule has 0 aliphatic carbocycles. The number of rotatable bonds is 4. The lowest BCUT2D eigenvalue weighted by Crippen LogP contribution is -1.97. The van der Waals surface area contributed by atoms with Crippen LogP contribution in [0.25, 0.3) is 11.5 Å². The van der Waals surface area contributed by atoms with Crippen LogP contribution in [-0.4, -0.2) is 29.9 Å². The number of aryl methyl sites for hydroxylation is 1. The van der Waals surface area contributed by atoms with Crippen molar-refractivity contribution >= 4 is 23.1 Å². The van der Waals surface area contributed by atoms with E-state index in [1.807, 2.05) is 30.8 Å². The second-order valence-corrected chi connectivity index (χ2v) is 6.52. The Labute approximate surface area is 123 Å². The minimum Gasteiger partial charge on any atom is -0.427 e. The molecule has 3 rings (SSSR count). The van der Waals surface area contributed by atoms with Gasteiger partial charge in [0.2, 0.25) is 12.3 Å². The van der Waals surface area contributed by atoms with E-state index in [4.69, 9.17) is 4.42 Å². The Morgan fingerprint density at radius 2 is 2.20 bits per heavy atom. The van der Waals surface area contributed by atoms with Gasteiger partial charge in [-0.1, -0.05) is 11.8 Å². The monoisotopic (exact) mass is 308 g/mol. The second-order valence-electron chi connectivity index (χ2n) is 4.15. The fourth-order valence-corrected chi connectivity index (χ4v) is 3.12. The molecule has 0 aromatic carbocycles. The summed E-state index contributed by atoms with van der Waals surface area (Å²) in [5, 5.41) is 19.8. The van der Waals surface area contributed by atoms with Crippen LogP contribution in [0.2, 0.25) is 0 Å². The zero-order valence-electron chi connectivity index (χ0n) is 11.1. The van der Waals surface area contributed by atoms with Crippen LogP contribution in [0.1, 0.15) is 23.1 Å². The molecule has 0 saturated carbocycles. The molecule has 1 unspecified atom stereocenters. The molecular weight excluding hydrogens is 296 g/mol. The van der Waals surface area contributed by atoms with Gasteiger partial charge in [-0.15, -0.1) is 31.7 Å². The largest absolute Gasteiger partial charge is 0.427 e. The fraction of sp³-hybridized carbons (Fsp3) is 0.364. The summed E-state index contributed by atoms with van der Waals surface area (Å²) in [5.41, 5.74) is 0.847. The van der Waals surface area contributed by atoms with Gasteiger partial charge in [-0.05, 0) is 13.8 Å². The summed E-state index contributed by atoms with van der Waals surface area (Å²) in [6.45, 7) is 3.96. The van der Waals surface area contributed by atoms with Crippen molar-refractivity contribution in [2.24, 2.45) is 7.05 Å². The maximum atomic E-state index is 5.19. The zero-order chi connectivity index (χ0) is 14.1. The lowest BCUT2D eigenvalue weighted by Gasteiger charge is -2.05. The van der Waals surface area contributed by atoms with E-state index < -0.39 is 0 Å². The number of aromatic nitrogens is 6. The van der Waals surface area contributed by atoms with E-state index in [2.05, 4.69) is 25.4 Å². The average Bonchev–Trinajstić information content (AvgIpc) is 3.12. The molecule has 7 nitrogen and oxygen atoms in total. The molecule has 1 atom stereocenters. The SMILES string of the molecule is Cc1nc(-c2nnc(SC(C)c3nnco3)n2C)cs1. The quantitative estimate of drug-likeness (QED) is 0.685. The molecule has 0 saturated heterocycles. The average molecular weight is 308 g/mol. The highest BCUT2D eigenvalue weighted by molar-refractivity contribution is 7.99. The van der Waals surface area contributed by atoms with E-state index in [1.165, 1.54) is 18.2 Å². The molecule has 0 aliphatic rings. The Balaban J connectivity index is 1.84. The molecule has 0 N–H and O–H groups in total. The van der Waals surface area contributed by atoms with Crippen LogP contribution in [0.5, 0.6) is 0 Å².